The molecule has 0 aromatic heterocycles. The first kappa shape index (κ1) is 18.0. The van der Waals surface area contributed by atoms with Gasteiger partial charge in [0, 0.05) is 29.9 Å². The summed E-state index contributed by atoms with van der Waals surface area (Å²) in [6.45, 7) is 1.27. The number of hydrogen-bond donors (Lipinski definition) is 1. The van der Waals surface area contributed by atoms with Gasteiger partial charge in [0.2, 0.25) is 0 Å². The van der Waals surface area contributed by atoms with E-state index in [-0.39, 0.29) is 11.8 Å². The Kier molecular flexibility index (Phi) is 5.20. The van der Waals surface area contributed by atoms with Crippen molar-refractivity contribution >= 4 is 17.5 Å². The van der Waals surface area contributed by atoms with Crippen molar-refractivity contribution in [3.63, 3.8) is 0 Å². The minimum absolute atomic E-state index is 0.0269. The maximum atomic E-state index is 12.8. The number of fused-ring (bicyclic) bond motifs is 1. The molecule has 4 heteroatoms. The number of rotatable bonds is 5. The van der Waals surface area contributed by atoms with Gasteiger partial charge in [-0.05, 0) is 54.3 Å². The molecular formula is C24H22N2O2. The molecule has 1 heterocycles. The number of benzene rings is 3. The van der Waals surface area contributed by atoms with Gasteiger partial charge in [-0.2, -0.15) is 0 Å². The van der Waals surface area contributed by atoms with Crippen LogP contribution in [-0.4, -0.2) is 24.9 Å². The van der Waals surface area contributed by atoms with Crippen LogP contribution in [0.4, 0.5) is 5.69 Å². The summed E-state index contributed by atoms with van der Waals surface area (Å²) in [6, 6.07) is 24.9. The highest BCUT2D eigenvalue weighted by Crippen LogP contribution is 2.28. The molecule has 0 fully saturated rings. The van der Waals surface area contributed by atoms with E-state index in [9.17, 15) is 9.59 Å². The van der Waals surface area contributed by atoms with Gasteiger partial charge in [0.15, 0.2) is 0 Å². The third kappa shape index (κ3) is 3.81. The molecule has 0 saturated heterocycles. The first-order chi connectivity index (χ1) is 13.7. The predicted octanol–water partition coefficient (Wildman–Crippen LogP) is 3.86. The Bertz CT molecular complexity index is 981. The minimum Gasteiger partial charge on any atom is -0.352 e. The van der Waals surface area contributed by atoms with Crippen molar-refractivity contribution in [1.29, 1.82) is 0 Å². The van der Waals surface area contributed by atoms with E-state index in [1.165, 1.54) is 11.1 Å². The molecule has 0 bridgehead atoms. The number of hydrogen-bond acceptors (Lipinski definition) is 2. The fourth-order valence-corrected chi connectivity index (χ4v) is 3.54. The Morgan fingerprint density at radius 1 is 0.821 bits per heavy atom. The fraction of sp³-hybridized carbons (Fsp3) is 0.167. The third-order valence-electron chi connectivity index (χ3n) is 5.07. The van der Waals surface area contributed by atoms with Crippen LogP contribution in [0.5, 0.6) is 0 Å². The van der Waals surface area contributed by atoms with Crippen molar-refractivity contribution in [3.05, 3.63) is 101 Å². The Morgan fingerprint density at radius 3 is 2.29 bits per heavy atom. The summed E-state index contributed by atoms with van der Waals surface area (Å²) in [6.07, 6.45) is 1.67. The Labute approximate surface area is 164 Å². The summed E-state index contributed by atoms with van der Waals surface area (Å²) < 4.78 is 0. The van der Waals surface area contributed by atoms with Crippen LogP contribution < -0.4 is 10.2 Å². The average Bonchev–Trinajstić information content (AvgIpc) is 3.18. The molecule has 3 aromatic carbocycles. The number of nitrogens with zero attached hydrogens (tertiary/aromatic N) is 1. The van der Waals surface area contributed by atoms with Gasteiger partial charge in [-0.3, -0.25) is 9.59 Å². The molecule has 4 nitrogen and oxygen atoms in total. The van der Waals surface area contributed by atoms with E-state index in [1.807, 2.05) is 53.4 Å². The van der Waals surface area contributed by atoms with Crippen molar-refractivity contribution in [2.75, 3.05) is 18.0 Å². The SMILES string of the molecule is O=C(NCCc1ccccc1)c1ccc(C(=O)N2CCc3ccccc32)cc1. The Hall–Kier alpha value is -3.40. The van der Waals surface area contributed by atoms with Gasteiger partial charge < -0.3 is 10.2 Å². The van der Waals surface area contributed by atoms with E-state index in [2.05, 4.69) is 11.4 Å². The van der Waals surface area contributed by atoms with Gasteiger partial charge in [0.25, 0.3) is 11.8 Å². The lowest BCUT2D eigenvalue weighted by Crippen LogP contribution is -2.29. The third-order valence-corrected chi connectivity index (χ3v) is 5.07. The Morgan fingerprint density at radius 2 is 1.50 bits per heavy atom. The summed E-state index contributed by atoms with van der Waals surface area (Å²) in [5.74, 6) is -0.151. The lowest BCUT2D eigenvalue weighted by Gasteiger charge is -2.17. The second-order valence-electron chi connectivity index (χ2n) is 6.90. The van der Waals surface area contributed by atoms with E-state index >= 15 is 0 Å². The molecule has 0 aliphatic carbocycles. The van der Waals surface area contributed by atoms with Crippen molar-refractivity contribution in [2.45, 2.75) is 12.8 Å². The van der Waals surface area contributed by atoms with E-state index in [0.717, 1.165) is 18.5 Å². The number of nitrogens with one attached hydrogen (secondary N) is 1. The molecule has 0 saturated carbocycles. The van der Waals surface area contributed by atoms with Crippen LogP contribution in [0.2, 0.25) is 0 Å². The van der Waals surface area contributed by atoms with Crippen LogP contribution in [0.15, 0.2) is 78.9 Å². The number of para-hydroxylation sites is 1. The molecule has 140 valence electrons. The second kappa shape index (κ2) is 8.09. The molecule has 28 heavy (non-hydrogen) atoms. The second-order valence-corrected chi connectivity index (χ2v) is 6.90. The topological polar surface area (TPSA) is 49.4 Å². The molecular weight excluding hydrogens is 348 g/mol. The van der Waals surface area contributed by atoms with E-state index in [1.54, 1.807) is 24.3 Å². The summed E-state index contributed by atoms with van der Waals surface area (Å²) >= 11 is 0. The first-order valence-electron chi connectivity index (χ1n) is 9.54. The van der Waals surface area contributed by atoms with Crippen molar-refractivity contribution in [3.8, 4) is 0 Å². The quantitative estimate of drug-likeness (QED) is 0.741. The van der Waals surface area contributed by atoms with Gasteiger partial charge >= 0.3 is 0 Å². The summed E-state index contributed by atoms with van der Waals surface area (Å²) in [5.41, 5.74) is 4.53. The number of anilines is 1. The number of carbonyl (C=O) groups excluding carboxylic acids is 2. The standard InChI is InChI=1S/C24H22N2O2/c27-23(25-16-14-18-6-2-1-3-7-18)20-10-12-21(13-11-20)24(28)26-17-15-19-8-4-5-9-22(19)26/h1-13H,14-17H2,(H,25,27). The van der Waals surface area contributed by atoms with Crippen LogP contribution in [0.1, 0.15) is 31.8 Å². The molecule has 3 aromatic rings. The summed E-state index contributed by atoms with van der Waals surface area (Å²) in [4.78, 5) is 27.0. The van der Waals surface area contributed by atoms with Gasteiger partial charge in [0.05, 0.1) is 0 Å². The summed E-state index contributed by atoms with van der Waals surface area (Å²) in [7, 11) is 0. The minimum atomic E-state index is -0.124. The highest BCUT2D eigenvalue weighted by molar-refractivity contribution is 6.07. The molecule has 1 aliphatic rings. The predicted molar refractivity (Wildman–Crippen MR) is 111 cm³/mol. The van der Waals surface area contributed by atoms with Gasteiger partial charge in [-0.15, -0.1) is 0 Å². The molecule has 0 radical (unpaired) electrons. The largest absolute Gasteiger partial charge is 0.352 e. The van der Waals surface area contributed by atoms with Gasteiger partial charge in [0.1, 0.15) is 0 Å². The van der Waals surface area contributed by atoms with Gasteiger partial charge in [-0.25, -0.2) is 0 Å². The lowest BCUT2D eigenvalue weighted by molar-refractivity contribution is 0.0950. The fourth-order valence-electron chi connectivity index (χ4n) is 3.54. The van der Waals surface area contributed by atoms with E-state index < -0.39 is 0 Å². The van der Waals surface area contributed by atoms with Crippen LogP contribution >= 0.6 is 0 Å². The van der Waals surface area contributed by atoms with Crippen LogP contribution in [0, 0.1) is 0 Å². The average molecular weight is 370 g/mol. The Balaban J connectivity index is 1.37. The van der Waals surface area contributed by atoms with Crippen LogP contribution in [-0.2, 0) is 12.8 Å². The zero-order valence-corrected chi connectivity index (χ0v) is 15.6. The molecule has 0 spiro atoms. The smallest absolute Gasteiger partial charge is 0.258 e. The first-order valence-corrected chi connectivity index (χ1v) is 9.54. The highest BCUT2D eigenvalue weighted by atomic mass is 16.2. The zero-order valence-electron chi connectivity index (χ0n) is 15.6. The van der Waals surface area contributed by atoms with Crippen molar-refractivity contribution < 1.29 is 9.59 Å². The van der Waals surface area contributed by atoms with Crippen molar-refractivity contribution in [2.24, 2.45) is 0 Å². The van der Waals surface area contributed by atoms with Crippen molar-refractivity contribution in [1.82, 2.24) is 5.32 Å². The van der Waals surface area contributed by atoms with Crippen LogP contribution in [0.3, 0.4) is 0 Å². The maximum Gasteiger partial charge on any atom is 0.258 e. The molecule has 2 amide bonds. The number of carbonyl (C=O) groups is 2. The maximum absolute atomic E-state index is 12.8. The van der Waals surface area contributed by atoms with E-state index in [4.69, 9.17) is 0 Å². The van der Waals surface area contributed by atoms with Gasteiger partial charge in [-0.1, -0.05) is 48.5 Å². The van der Waals surface area contributed by atoms with Crippen LogP contribution in [0.25, 0.3) is 0 Å². The zero-order chi connectivity index (χ0) is 19.3. The molecule has 1 N–H and O–H groups in total. The summed E-state index contributed by atoms with van der Waals surface area (Å²) in [5, 5.41) is 2.93. The highest BCUT2D eigenvalue weighted by Gasteiger charge is 2.25. The number of amides is 2. The lowest BCUT2D eigenvalue weighted by atomic mass is 10.1. The van der Waals surface area contributed by atoms with E-state index in [0.29, 0.717) is 24.2 Å². The molecule has 0 unspecified atom stereocenters. The molecule has 1 aliphatic heterocycles. The normalized spacial score (nSPS) is 12.5. The molecule has 0 atom stereocenters. The molecule has 4 rings (SSSR count). The monoisotopic (exact) mass is 370 g/mol.